The molecule has 2 heterocycles. The van der Waals surface area contributed by atoms with E-state index >= 15 is 0 Å². The molecule has 0 atom stereocenters. The molecule has 32 heavy (non-hydrogen) atoms. The fraction of sp³-hybridized carbons (Fsp3) is 0.476. The Morgan fingerprint density at radius 3 is 2.59 bits per heavy atom. The van der Waals surface area contributed by atoms with Crippen molar-refractivity contribution in [2.24, 2.45) is 5.92 Å². The molecule has 0 unspecified atom stereocenters. The molecular weight excluding hydrogens is 452 g/mol. The first kappa shape index (κ1) is 22.6. The fourth-order valence-electron chi connectivity index (χ4n) is 4.10. The van der Waals surface area contributed by atoms with Crippen molar-refractivity contribution in [1.82, 2.24) is 30.5 Å². The van der Waals surface area contributed by atoms with Gasteiger partial charge in [-0.05, 0) is 62.8 Å². The first-order valence-electron chi connectivity index (χ1n) is 10.6. The number of benzene rings is 1. The van der Waals surface area contributed by atoms with Crippen molar-refractivity contribution in [3.63, 3.8) is 0 Å². The number of thioether (sulfide) groups is 1. The zero-order chi connectivity index (χ0) is 22.9. The number of hydrazine groups is 1. The predicted molar refractivity (Wildman–Crippen MR) is 121 cm³/mol. The quantitative estimate of drug-likeness (QED) is 0.489. The van der Waals surface area contributed by atoms with Crippen LogP contribution in [0.25, 0.3) is 11.4 Å². The van der Waals surface area contributed by atoms with Gasteiger partial charge in [0, 0.05) is 17.1 Å². The smallest absolute Gasteiger partial charge is 0.322 e. The van der Waals surface area contributed by atoms with Crippen molar-refractivity contribution in [2.75, 3.05) is 5.75 Å². The molecule has 0 radical (unpaired) electrons. The molecule has 1 aliphatic carbocycles. The summed E-state index contributed by atoms with van der Waals surface area (Å²) in [6.07, 6.45) is 2.92. The molecule has 2 fully saturated rings. The fourth-order valence-corrected chi connectivity index (χ4v) is 5.02. The van der Waals surface area contributed by atoms with Crippen LogP contribution in [0.2, 0.25) is 5.02 Å². The van der Waals surface area contributed by atoms with E-state index in [1.54, 1.807) is 12.1 Å². The summed E-state index contributed by atoms with van der Waals surface area (Å²) in [7, 11) is 0. The van der Waals surface area contributed by atoms with Gasteiger partial charge in [-0.25, -0.2) is 4.79 Å². The molecule has 2 N–H and O–H groups in total. The monoisotopic (exact) mass is 476 g/mol. The van der Waals surface area contributed by atoms with Crippen LogP contribution in [-0.4, -0.2) is 48.9 Å². The molecule has 9 nitrogen and oxygen atoms in total. The molecule has 2 aromatic rings. The van der Waals surface area contributed by atoms with Crippen molar-refractivity contribution in [2.45, 2.75) is 56.8 Å². The minimum absolute atomic E-state index is 0.0140. The van der Waals surface area contributed by atoms with Gasteiger partial charge in [-0.1, -0.05) is 30.3 Å². The average Bonchev–Trinajstić information content (AvgIpc) is 3.29. The van der Waals surface area contributed by atoms with Gasteiger partial charge in [0.25, 0.3) is 5.91 Å². The standard InChI is InChI=1S/C21H25ClN6O3S/c1-3-27-17(14-4-6-15(22)7-5-14)24-25-20(27)32-12-16(29)26-28-18(30)21(23-19(28)31)10-8-13(2)9-11-21/h4-7,13H,3,8-12H2,1-2H3,(H,23,31)(H,26,29). The number of urea groups is 1. The summed E-state index contributed by atoms with van der Waals surface area (Å²) in [6.45, 7) is 4.71. The Kier molecular flexibility index (Phi) is 6.43. The van der Waals surface area contributed by atoms with E-state index in [4.69, 9.17) is 11.6 Å². The highest BCUT2D eigenvalue weighted by Gasteiger charge is 2.52. The Hall–Kier alpha value is -2.59. The summed E-state index contributed by atoms with van der Waals surface area (Å²) < 4.78 is 1.90. The van der Waals surface area contributed by atoms with E-state index in [-0.39, 0.29) is 11.7 Å². The molecule has 4 rings (SSSR count). The second-order valence-corrected chi connectivity index (χ2v) is 9.60. The van der Waals surface area contributed by atoms with E-state index in [2.05, 4.69) is 27.9 Å². The topological polar surface area (TPSA) is 109 Å². The summed E-state index contributed by atoms with van der Waals surface area (Å²) in [4.78, 5) is 37.8. The maximum Gasteiger partial charge on any atom is 0.344 e. The minimum atomic E-state index is -0.889. The molecule has 4 amide bonds. The molecular formula is C21H25ClN6O3S. The van der Waals surface area contributed by atoms with Crippen molar-refractivity contribution < 1.29 is 14.4 Å². The Morgan fingerprint density at radius 1 is 1.25 bits per heavy atom. The summed E-state index contributed by atoms with van der Waals surface area (Å²) in [5.41, 5.74) is 2.43. The Bertz CT molecular complexity index is 1030. The van der Waals surface area contributed by atoms with Gasteiger partial charge in [0.1, 0.15) is 5.54 Å². The zero-order valence-corrected chi connectivity index (χ0v) is 19.5. The van der Waals surface area contributed by atoms with Crippen molar-refractivity contribution in [1.29, 1.82) is 0 Å². The van der Waals surface area contributed by atoms with Crippen LogP contribution in [0.5, 0.6) is 0 Å². The predicted octanol–water partition coefficient (Wildman–Crippen LogP) is 3.24. The maximum absolute atomic E-state index is 12.9. The number of nitrogens with zero attached hydrogens (tertiary/aromatic N) is 4. The van der Waals surface area contributed by atoms with E-state index < -0.39 is 17.5 Å². The number of rotatable bonds is 6. The van der Waals surface area contributed by atoms with Gasteiger partial charge in [-0.2, -0.15) is 5.01 Å². The van der Waals surface area contributed by atoms with Crippen LogP contribution in [0.15, 0.2) is 29.4 Å². The Labute approximate surface area is 195 Å². The molecule has 1 spiro atoms. The molecule has 1 saturated carbocycles. The highest BCUT2D eigenvalue weighted by atomic mass is 35.5. The number of carbonyl (C=O) groups excluding carboxylic acids is 3. The van der Waals surface area contributed by atoms with Gasteiger partial charge in [-0.3, -0.25) is 15.0 Å². The first-order chi connectivity index (χ1) is 15.3. The first-order valence-corrected chi connectivity index (χ1v) is 12.0. The lowest BCUT2D eigenvalue weighted by Crippen LogP contribution is -2.51. The van der Waals surface area contributed by atoms with E-state index in [0.29, 0.717) is 41.3 Å². The second kappa shape index (κ2) is 9.11. The van der Waals surface area contributed by atoms with Crippen molar-refractivity contribution in [3.8, 4) is 11.4 Å². The summed E-state index contributed by atoms with van der Waals surface area (Å²) in [5, 5.41) is 13.3. The number of imide groups is 1. The molecule has 1 aromatic heterocycles. The molecule has 11 heteroatoms. The van der Waals surface area contributed by atoms with Gasteiger partial charge >= 0.3 is 6.03 Å². The van der Waals surface area contributed by atoms with Crippen LogP contribution < -0.4 is 10.7 Å². The van der Waals surface area contributed by atoms with Crippen LogP contribution in [0.3, 0.4) is 0 Å². The lowest BCUT2D eigenvalue weighted by atomic mass is 9.77. The summed E-state index contributed by atoms with van der Waals surface area (Å²) >= 11 is 7.15. The molecule has 0 bridgehead atoms. The number of aromatic nitrogens is 3. The normalized spacial score (nSPS) is 23.0. The van der Waals surface area contributed by atoms with Crippen LogP contribution in [0.1, 0.15) is 39.5 Å². The second-order valence-electron chi connectivity index (χ2n) is 8.22. The molecule has 2 aliphatic rings. The molecule has 170 valence electrons. The SMILES string of the molecule is CCn1c(SCC(=O)NN2C(=O)NC3(CCC(C)CC3)C2=O)nnc1-c1ccc(Cl)cc1. The van der Waals surface area contributed by atoms with E-state index in [0.717, 1.165) is 23.4 Å². The van der Waals surface area contributed by atoms with E-state index in [1.807, 2.05) is 23.6 Å². The summed E-state index contributed by atoms with van der Waals surface area (Å²) in [5.74, 6) is 0.349. The lowest BCUT2D eigenvalue weighted by Gasteiger charge is -2.33. The van der Waals surface area contributed by atoms with Gasteiger partial charge < -0.3 is 9.88 Å². The number of carbonyl (C=O) groups is 3. The average molecular weight is 477 g/mol. The number of hydrogen-bond acceptors (Lipinski definition) is 6. The van der Waals surface area contributed by atoms with E-state index in [1.165, 1.54) is 11.8 Å². The van der Waals surface area contributed by atoms with Gasteiger partial charge in [-0.15, -0.1) is 10.2 Å². The Balaban J connectivity index is 1.39. The zero-order valence-electron chi connectivity index (χ0n) is 17.9. The third kappa shape index (κ3) is 4.33. The van der Waals surface area contributed by atoms with E-state index in [9.17, 15) is 14.4 Å². The highest BCUT2D eigenvalue weighted by Crippen LogP contribution is 2.35. The van der Waals surface area contributed by atoms with Crippen molar-refractivity contribution >= 4 is 41.2 Å². The largest absolute Gasteiger partial charge is 0.344 e. The van der Waals surface area contributed by atoms with Gasteiger partial charge in [0.15, 0.2) is 11.0 Å². The van der Waals surface area contributed by atoms with Crippen molar-refractivity contribution in [3.05, 3.63) is 29.3 Å². The van der Waals surface area contributed by atoms with Gasteiger partial charge in [0.05, 0.1) is 5.75 Å². The Morgan fingerprint density at radius 2 is 1.94 bits per heavy atom. The van der Waals surface area contributed by atoms with Crippen LogP contribution in [0.4, 0.5) is 4.79 Å². The highest BCUT2D eigenvalue weighted by molar-refractivity contribution is 7.99. The lowest BCUT2D eigenvalue weighted by molar-refractivity contribution is -0.139. The third-order valence-electron chi connectivity index (χ3n) is 5.99. The number of nitrogens with one attached hydrogen (secondary N) is 2. The van der Waals surface area contributed by atoms with Crippen LogP contribution in [0, 0.1) is 5.92 Å². The minimum Gasteiger partial charge on any atom is -0.322 e. The number of amides is 4. The molecule has 1 aromatic carbocycles. The third-order valence-corrected chi connectivity index (χ3v) is 7.21. The van der Waals surface area contributed by atoms with Gasteiger partial charge in [0.2, 0.25) is 5.91 Å². The van der Waals surface area contributed by atoms with Crippen LogP contribution >= 0.6 is 23.4 Å². The molecule has 1 saturated heterocycles. The summed E-state index contributed by atoms with van der Waals surface area (Å²) in [6, 6.07) is 6.70. The number of halogens is 1. The molecule has 1 aliphatic heterocycles. The number of hydrogen-bond donors (Lipinski definition) is 2. The maximum atomic E-state index is 12.9. The van der Waals surface area contributed by atoms with Crippen LogP contribution in [-0.2, 0) is 16.1 Å².